The van der Waals surface area contributed by atoms with E-state index in [-0.39, 0.29) is 48.8 Å². The van der Waals surface area contributed by atoms with Crippen molar-refractivity contribution < 1.29 is 33.0 Å². The van der Waals surface area contributed by atoms with Crippen LogP contribution in [0.2, 0.25) is 0 Å². The van der Waals surface area contributed by atoms with Crippen molar-refractivity contribution in [1.82, 2.24) is 19.9 Å². The number of carbonyl (C=O) groups excluding carboxylic acids is 1. The van der Waals surface area contributed by atoms with Crippen LogP contribution in [0.25, 0.3) is 11.0 Å². The molecule has 13 nitrogen and oxygen atoms in total. The van der Waals surface area contributed by atoms with Gasteiger partial charge in [0, 0.05) is 36.9 Å². The number of aliphatic carboxylic acids is 2. The van der Waals surface area contributed by atoms with Gasteiger partial charge in [0.15, 0.2) is 0 Å². The molecule has 0 spiro atoms. The van der Waals surface area contributed by atoms with Crippen molar-refractivity contribution in [2.75, 3.05) is 18.5 Å². The highest BCUT2D eigenvalue weighted by Gasteiger charge is 2.31. The molecule has 2 unspecified atom stereocenters. The number of amides is 1. The number of aromatic amines is 2. The molecule has 3 atom stereocenters. The number of hydrogen-bond donors (Lipinski definition) is 5. The van der Waals surface area contributed by atoms with Crippen molar-refractivity contribution in [2.45, 2.75) is 56.7 Å². The van der Waals surface area contributed by atoms with E-state index in [2.05, 4.69) is 15.0 Å². The second-order valence-electron chi connectivity index (χ2n) is 9.83. The fourth-order valence-electron chi connectivity index (χ4n) is 4.52. The third-order valence-corrected chi connectivity index (χ3v) is 8.71. The van der Waals surface area contributed by atoms with Gasteiger partial charge in [-0.15, -0.1) is 0 Å². The van der Waals surface area contributed by atoms with Crippen LogP contribution in [0.15, 0.2) is 35.3 Å². The number of aromatic nitrogens is 3. The number of benzene rings is 1. The maximum atomic E-state index is 13.5. The predicted octanol–water partition coefficient (Wildman–Crippen LogP) is 1.96. The standard InChI is InChI=1S/C26H33N5O8S/c1-14(40(3,38)39)5-4-12-31(19(25(36)37)10-11-20(32)33)24(35)17-8-6-16(7-9-17)15(2)18-13-28-22-21(18)23(34)30-26(27)29-22/h6-9,13-15,19H,4-5,10-12H2,1-3H3,(H,32,33)(H,36,37)(H4,27,28,29,30,34)/t14?,15?,19-/m0/s1. The Morgan fingerprint density at radius 1 is 1.10 bits per heavy atom. The van der Waals surface area contributed by atoms with E-state index in [0.29, 0.717) is 16.6 Å². The Bertz CT molecular complexity index is 1560. The summed E-state index contributed by atoms with van der Waals surface area (Å²) in [5.74, 6) is -3.46. The minimum absolute atomic E-state index is 0.0141. The first-order chi connectivity index (χ1) is 18.7. The van der Waals surface area contributed by atoms with E-state index in [0.717, 1.165) is 16.7 Å². The van der Waals surface area contributed by atoms with Crippen LogP contribution in [-0.2, 0) is 19.4 Å². The topological polar surface area (TPSA) is 217 Å². The number of nitrogen functional groups attached to an aromatic ring is 1. The van der Waals surface area contributed by atoms with E-state index in [1.165, 1.54) is 19.1 Å². The molecule has 2 heterocycles. The maximum Gasteiger partial charge on any atom is 0.326 e. The van der Waals surface area contributed by atoms with Gasteiger partial charge >= 0.3 is 11.9 Å². The van der Waals surface area contributed by atoms with Gasteiger partial charge in [-0.2, -0.15) is 4.98 Å². The molecule has 0 bridgehead atoms. The normalized spacial score (nSPS) is 14.0. The van der Waals surface area contributed by atoms with Gasteiger partial charge in [-0.25, -0.2) is 13.2 Å². The highest BCUT2D eigenvalue weighted by atomic mass is 32.2. The van der Waals surface area contributed by atoms with Gasteiger partial charge in [0.1, 0.15) is 21.5 Å². The molecule has 14 heteroatoms. The lowest BCUT2D eigenvalue weighted by molar-refractivity contribution is -0.143. The summed E-state index contributed by atoms with van der Waals surface area (Å²) >= 11 is 0. The summed E-state index contributed by atoms with van der Waals surface area (Å²) in [5, 5.41) is 18.6. The molecule has 0 aliphatic rings. The maximum absolute atomic E-state index is 13.5. The lowest BCUT2D eigenvalue weighted by Crippen LogP contribution is -2.46. The van der Waals surface area contributed by atoms with Crippen molar-refractivity contribution in [2.24, 2.45) is 0 Å². The third-order valence-electron chi connectivity index (χ3n) is 7.01. The number of nitrogens with one attached hydrogen (secondary N) is 2. The summed E-state index contributed by atoms with van der Waals surface area (Å²) in [6, 6.07) is 5.03. The number of nitrogens with zero attached hydrogens (tertiary/aromatic N) is 2. The number of H-pyrrole nitrogens is 2. The molecule has 0 saturated carbocycles. The van der Waals surface area contributed by atoms with Crippen molar-refractivity contribution in [3.8, 4) is 0 Å². The molecule has 40 heavy (non-hydrogen) atoms. The van der Waals surface area contributed by atoms with Crippen LogP contribution in [0.1, 0.15) is 66.9 Å². The number of carbonyl (C=O) groups is 3. The Morgan fingerprint density at radius 2 is 1.75 bits per heavy atom. The lowest BCUT2D eigenvalue weighted by atomic mass is 9.92. The highest BCUT2D eigenvalue weighted by molar-refractivity contribution is 7.91. The van der Waals surface area contributed by atoms with E-state index >= 15 is 0 Å². The Kier molecular flexibility index (Phi) is 9.35. The molecule has 1 amide bonds. The van der Waals surface area contributed by atoms with Crippen LogP contribution in [0.4, 0.5) is 5.95 Å². The summed E-state index contributed by atoms with van der Waals surface area (Å²) in [6.45, 7) is 3.34. The van der Waals surface area contributed by atoms with Crippen LogP contribution in [-0.4, -0.2) is 80.4 Å². The van der Waals surface area contributed by atoms with Crippen LogP contribution < -0.4 is 11.3 Å². The molecule has 0 fully saturated rings. The zero-order valence-electron chi connectivity index (χ0n) is 22.4. The van der Waals surface area contributed by atoms with E-state index in [9.17, 15) is 32.7 Å². The lowest BCUT2D eigenvalue weighted by Gasteiger charge is -2.29. The molecular formula is C26H33N5O8S. The molecule has 0 radical (unpaired) electrons. The molecule has 0 aliphatic heterocycles. The summed E-state index contributed by atoms with van der Waals surface area (Å²) < 4.78 is 23.6. The number of carboxylic acid groups (broad SMARTS) is 2. The van der Waals surface area contributed by atoms with Crippen molar-refractivity contribution in [3.63, 3.8) is 0 Å². The summed E-state index contributed by atoms with van der Waals surface area (Å²) in [4.78, 5) is 59.7. The number of sulfone groups is 1. The SMILES string of the molecule is CC(c1ccc(C(=O)N(CCCC(C)S(C)(=O)=O)[C@@H](CCC(=O)O)C(=O)O)cc1)c1c[nH]c2nc(N)[nH]c(=O)c12. The van der Waals surface area contributed by atoms with E-state index in [4.69, 9.17) is 10.8 Å². The van der Waals surface area contributed by atoms with Gasteiger partial charge in [0.05, 0.1) is 10.6 Å². The minimum atomic E-state index is -3.31. The van der Waals surface area contributed by atoms with Crippen LogP contribution in [0.5, 0.6) is 0 Å². The van der Waals surface area contributed by atoms with Crippen molar-refractivity contribution in [1.29, 1.82) is 0 Å². The second-order valence-corrected chi connectivity index (χ2v) is 12.3. The minimum Gasteiger partial charge on any atom is -0.481 e. The number of fused-ring (bicyclic) bond motifs is 1. The average molecular weight is 576 g/mol. The van der Waals surface area contributed by atoms with E-state index < -0.39 is 45.4 Å². The van der Waals surface area contributed by atoms with Crippen LogP contribution >= 0.6 is 0 Å². The Balaban J connectivity index is 1.87. The van der Waals surface area contributed by atoms with Crippen molar-refractivity contribution >= 4 is 44.7 Å². The first-order valence-electron chi connectivity index (χ1n) is 12.6. The summed E-state index contributed by atoms with van der Waals surface area (Å²) in [7, 11) is -3.31. The number of nitrogens with two attached hydrogens (primary N) is 1. The molecule has 3 aromatic rings. The number of hydrogen-bond acceptors (Lipinski definition) is 8. The Morgan fingerprint density at radius 3 is 2.33 bits per heavy atom. The molecular weight excluding hydrogens is 542 g/mol. The molecule has 1 aromatic carbocycles. The zero-order valence-corrected chi connectivity index (χ0v) is 23.2. The summed E-state index contributed by atoms with van der Waals surface area (Å²) in [5.41, 5.74) is 7.19. The molecule has 0 saturated heterocycles. The Hall–Kier alpha value is -4.20. The largest absolute Gasteiger partial charge is 0.481 e. The van der Waals surface area contributed by atoms with Crippen molar-refractivity contribution in [3.05, 3.63) is 57.5 Å². The second kappa shape index (κ2) is 12.3. The smallest absolute Gasteiger partial charge is 0.326 e. The first kappa shape index (κ1) is 30.3. The van der Waals surface area contributed by atoms with Gasteiger partial charge in [-0.1, -0.05) is 19.1 Å². The molecule has 3 rings (SSSR count). The molecule has 6 N–H and O–H groups in total. The quantitative estimate of drug-likeness (QED) is 0.199. The first-order valence-corrected chi connectivity index (χ1v) is 14.6. The van der Waals surface area contributed by atoms with E-state index in [1.54, 1.807) is 18.3 Å². The number of carboxylic acids is 2. The fourth-order valence-corrected chi connectivity index (χ4v) is 5.11. The predicted molar refractivity (Wildman–Crippen MR) is 148 cm³/mol. The molecule has 0 aliphatic carbocycles. The fraction of sp³-hybridized carbons (Fsp3) is 0.423. The molecule has 2 aromatic heterocycles. The monoisotopic (exact) mass is 575 g/mol. The van der Waals surface area contributed by atoms with Gasteiger partial charge in [-0.05, 0) is 49.4 Å². The summed E-state index contributed by atoms with van der Waals surface area (Å²) in [6.07, 6.45) is 2.42. The third kappa shape index (κ3) is 7.05. The Labute approximate surface area is 230 Å². The van der Waals surface area contributed by atoms with Gasteiger partial charge < -0.3 is 25.8 Å². The zero-order chi connectivity index (χ0) is 29.8. The molecule has 216 valence electrons. The number of anilines is 1. The van der Waals surface area contributed by atoms with E-state index in [1.807, 2.05) is 6.92 Å². The van der Waals surface area contributed by atoms with Gasteiger partial charge in [-0.3, -0.25) is 19.4 Å². The van der Waals surface area contributed by atoms with Gasteiger partial charge in [0.25, 0.3) is 11.5 Å². The van der Waals surface area contributed by atoms with Crippen LogP contribution in [0, 0.1) is 0 Å². The average Bonchev–Trinajstić information content (AvgIpc) is 3.30. The number of rotatable bonds is 13. The highest BCUT2D eigenvalue weighted by Crippen LogP contribution is 2.29. The van der Waals surface area contributed by atoms with Crippen LogP contribution in [0.3, 0.4) is 0 Å². The van der Waals surface area contributed by atoms with Gasteiger partial charge in [0.2, 0.25) is 5.95 Å².